The van der Waals surface area contributed by atoms with Gasteiger partial charge in [-0.1, -0.05) is 18.2 Å². The number of rotatable bonds is 2. The SMILES string of the molecule is Cc1ccccc1OC(=O)CC#N. The molecule has 0 saturated heterocycles. The summed E-state index contributed by atoms with van der Waals surface area (Å²) in [4.78, 5) is 10.9. The summed E-state index contributed by atoms with van der Waals surface area (Å²) in [7, 11) is 0. The van der Waals surface area contributed by atoms with Gasteiger partial charge < -0.3 is 4.74 Å². The Morgan fingerprint density at radius 1 is 1.54 bits per heavy atom. The minimum atomic E-state index is -0.517. The lowest BCUT2D eigenvalue weighted by Crippen LogP contribution is -2.06. The molecule has 1 aromatic rings. The Hall–Kier alpha value is -1.82. The van der Waals surface area contributed by atoms with E-state index in [4.69, 9.17) is 10.00 Å². The summed E-state index contributed by atoms with van der Waals surface area (Å²) in [6.45, 7) is 1.84. The van der Waals surface area contributed by atoms with Crippen molar-refractivity contribution in [3.8, 4) is 11.8 Å². The molecule has 0 radical (unpaired) electrons. The summed E-state index contributed by atoms with van der Waals surface area (Å²) >= 11 is 0. The second kappa shape index (κ2) is 4.27. The summed E-state index contributed by atoms with van der Waals surface area (Å²) < 4.78 is 4.92. The van der Waals surface area contributed by atoms with E-state index in [0.29, 0.717) is 5.75 Å². The predicted molar refractivity (Wildman–Crippen MR) is 47.0 cm³/mol. The normalized spacial score (nSPS) is 8.92. The molecular formula is C10H9NO2. The first-order valence-corrected chi connectivity index (χ1v) is 3.87. The first-order valence-electron chi connectivity index (χ1n) is 3.87. The molecule has 0 unspecified atom stereocenters. The number of nitrogens with zero attached hydrogens (tertiary/aromatic N) is 1. The molecule has 0 aliphatic heterocycles. The van der Waals surface area contributed by atoms with Crippen molar-refractivity contribution in [1.29, 1.82) is 5.26 Å². The van der Waals surface area contributed by atoms with Gasteiger partial charge in [0.05, 0.1) is 6.07 Å². The largest absolute Gasteiger partial charge is 0.425 e. The minimum absolute atomic E-state index is 0.214. The molecule has 0 aliphatic rings. The van der Waals surface area contributed by atoms with Gasteiger partial charge in [0, 0.05) is 0 Å². The van der Waals surface area contributed by atoms with E-state index in [1.165, 1.54) is 0 Å². The van der Waals surface area contributed by atoms with E-state index in [2.05, 4.69) is 0 Å². The number of benzene rings is 1. The first kappa shape index (κ1) is 9.27. The van der Waals surface area contributed by atoms with Crippen molar-refractivity contribution in [2.45, 2.75) is 13.3 Å². The molecule has 1 aromatic carbocycles. The van der Waals surface area contributed by atoms with Crippen molar-refractivity contribution < 1.29 is 9.53 Å². The third-order valence-corrected chi connectivity index (χ3v) is 1.54. The maximum absolute atomic E-state index is 10.9. The van der Waals surface area contributed by atoms with Gasteiger partial charge in [-0.15, -0.1) is 0 Å². The van der Waals surface area contributed by atoms with Gasteiger partial charge in [0.2, 0.25) is 0 Å². The number of carbonyl (C=O) groups is 1. The van der Waals surface area contributed by atoms with Crippen LogP contribution in [-0.4, -0.2) is 5.97 Å². The van der Waals surface area contributed by atoms with Crippen LogP contribution in [0.3, 0.4) is 0 Å². The zero-order valence-corrected chi connectivity index (χ0v) is 7.28. The van der Waals surface area contributed by atoms with Crippen molar-refractivity contribution in [3.63, 3.8) is 0 Å². The Bertz CT molecular complexity index is 352. The number of hydrogen-bond acceptors (Lipinski definition) is 3. The highest BCUT2D eigenvalue weighted by Gasteiger charge is 2.04. The number of carbonyl (C=O) groups excluding carboxylic acids is 1. The van der Waals surface area contributed by atoms with Crippen molar-refractivity contribution >= 4 is 5.97 Å². The van der Waals surface area contributed by atoms with E-state index in [1.54, 1.807) is 18.2 Å². The maximum Gasteiger partial charge on any atom is 0.325 e. The topological polar surface area (TPSA) is 50.1 Å². The Morgan fingerprint density at radius 2 is 2.23 bits per heavy atom. The lowest BCUT2D eigenvalue weighted by Gasteiger charge is -2.03. The van der Waals surface area contributed by atoms with Gasteiger partial charge in [0.25, 0.3) is 0 Å². The molecule has 0 N–H and O–H groups in total. The van der Waals surface area contributed by atoms with Gasteiger partial charge in [-0.3, -0.25) is 4.79 Å². The average molecular weight is 175 g/mol. The van der Waals surface area contributed by atoms with E-state index >= 15 is 0 Å². The zero-order chi connectivity index (χ0) is 9.68. The van der Waals surface area contributed by atoms with Crippen LogP contribution in [0.2, 0.25) is 0 Å². The number of para-hydroxylation sites is 1. The summed E-state index contributed by atoms with van der Waals surface area (Å²) in [6.07, 6.45) is -0.214. The van der Waals surface area contributed by atoms with Gasteiger partial charge in [-0.2, -0.15) is 5.26 Å². The van der Waals surface area contributed by atoms with E-state index in [0.717, 1.165) is 5.56 Å². The fourth-order valence-corrected chi connectivity index (χ4v) is 0.894. The molecule has 0 spiro atoms. The van der Waals surface area contributed by atoms with Crippen molar-refractivity contribution in [2.75, 3.05) is 0 Å². The molecule has 0 fully saturated rings. The summed E-state index contributed by atoms with van der Waals surface area (Å²) in [5.74, 6) is -0.000417. The van der Waals surface area contributed by atoms with Crippen LogP contribution in [0.25, 0.3) is 0 Å². The molecule has 13 heavy (non-hydrogen) atoms. The molecule has 0 aromatic heterocycles. The predicted octanol–water partition coefficient (Wildman–Crippen LogP) is 1.81. The van der Waals surface area contributed by atoms with Gasteiger partial charge >= 0.3 is 5.97 Å². The first-order chi connectivity index (χ1) is 6.24. The Morgan fingerprint density at radius 3 is 2.85 bits per heavy atom. The molecule has 3 nitrogen and oxygen atoms in total. The molecule has 0 heterocycles. The number of hydrogen-bond donors (Lipinski definition) is 0. The average Bonchev–Trinajstić information content (AvgIpc) is 2.09. The van der Waals surface area contributed by atoms with Crippen LogP contribution in [-0.2, 0) is 4.79 Å². The van der Waals surface area contributed by atoms with Crippen LogP contribution >= 0.6 is 0 Å². The second-order valence-corrected chi connectivity index (χ2v) is 2.57. The van der Waals surface area contributed by atoms with Crippen molar-refractivity contribution in [1.82, 2.24) is 0 Å². The maximum atomic E-state index is 10.9. The summed E-state index contributed by atoms with van der Waals surface area (Å²) in [6, 6.07) is 8.91. The van der Waals surface area contributed by atoms with E-state index in [1.807, 2.05) is 19.1 Å². The van der Waals surface area contributed by atoms with Crippen LogP contribution in [0.5, 0.6) is 5.75 Å². The fourth-order valence-electron chi connectivity index (χ4n) is 0.894. The fraction of sp³-hybridized carbons (Fsp3) is 0.200. The zero-order valence-electron chi connectivity index (χ0n) is 7.28. The molecule has 3 heteroatoms. The molecule has 0 saturated carbocycles. The Labute approximate surface area is 76.6 Å². The standard InChI is InChI=1S/C10H9NO2/c1-8-4-2-3-5-9(8)13-10(12)6-7-11/h2-5H,6H2,1H3. The molecule has 0 atom stereocenters. The summed E-state index contributed by atoms with van der Waals surface area (Å²) in [5, 5.41) is 8.23. The highest BCUT2D eigenvalue weighted by Crippen LogP contribution is 2.16. The Balaban J connectivity index is 2.70. The molecule has 0 bridgehead atoms. The third kappa shape index (κ3) is 2.60. The number of aryl methyl sites for hydroxylation is 1. The molecule has 66 valence electrons. The molecular weight excluding hydrogens is 166 g/mol. The van der Waals surface area contributed by atoms with E-state index < -0.39 is 5.97 Å². The minimum Gasteiger partial charge on any atom is -0.425 e. The smallest absolute Gasteiger partial charge is 0.325 e. The second-order valence-electron chi connectivity index (χ2n) is 2.57. The summed E-state index contributed by atoms with van der Waals surface area (Å²) in [5.41, 5.74) is 0.883. The number of ether oxygens (including phenoxy) is 1. The van der Waals surface area contributed by atoms with E-state index in [9.17, 15) is 4.79 Å². The molecule has 1 rings (SSSR count). The van der Waals surface area contributed by atoms with Gasteiger partial charge in [0.15, 0.2) is 0 Å². The van der Waals surface area contributed by atoms with Crippen LogP contribution in [0.1, 0.15) is 12.0 Å². The van der Waals surface area contributed by atoms with Gasteiger partial charge in [0.1, 0.15) is 12.2 Å². The number of nitriles is 1. The van der Waals surface area contributed by atoms with Crippen LogP contribution in [0.15, 0.2) is 24.3 Å². The quantitative estimate of drug-likeness (QED) is 0.508. The van der Waals surface area contributed by atoms with Gasteiger partial charge in [-0.25, -0.2) is 0 Å². The monoisotopic (exact) mass is 175 g/mol. The molecule has 0 amide bonds. The highest BCUT2D eigenvalue weighted by molar-refractivity contribution is 5.74. The van der Waals surface area contributed by atoms with Crippen LogP contribution in [0.4, 0.5) is 0 Å². The van der Waals surface area contributed by atoms with E-state index in [-0.39, 0.29) is 6.42 Å². The van der Waals surface area contributed by atoms with Gasteiger partial charge in [-0.05, 0) is 18.6 Å². The molecule has 0 aliphatic carbocycles. The lowest BCUT2D eigenvalue weighted by molar-refractivity contribution is -0.133. The number of esters is 1. The van der Waals surface area contributed by atoms with Crippen molar-refractivity contribution in [2.24, 2.45) is 0 Å². The lowest BCUT2D eigenvalue weighted by atomic mass is 10.2. The Kier molecular flexibility index (Phi) is 3.04. The van der Waals surface area contributed by atoms with Crippen molar-refractivity contribution in [3.05, 3.63) is 29.8 Å². The van der Waals surface area contributed by atoms with Crippen LogP contribution in [0, 0.1) is 18.3 Å². The van der Waals surface area contributed by atoms with Crippen LogP contribution < -0.4 is 4.74 Å². The highest BCUT2D eigenvalue weighted by atomic mass is 16.5. The third-order valence-electron chi connectivity index (χ3n) is 1.54.